The van der Waals surface area contributed by atoms with Gasteiger partial charge < -0.3 is 4.57 Å². The Morgan fingerprint density at radius 3 is 2.20 bits per heavy atom. The molecule has 0 bridgehead atoms. The van der Waals surface area contributed by atoms with Gasteiger partial charge in [0.2, 0.25) is 0 Å². The predicted molar refractivity (Wildman–Crippen MR) is 65.0 cm³/mol. The molecule has 0 saturated heterocycles. The third-order valence-corrected chi connectivity index (χ3v) is 2.86. The van der Waals surface area contributed by atoms with Crippen molar-refractivity contribution in [3.8, 4) is 11.3 Å². The van der Waals surface area contributed by atoms with Crippen molar-refractivity contribution in [2.45, 2.75) is 27.3 Å². The summed E-state index contributed by atoms with van der Waals surface area (Å²) < 4.78 is 2.34. The number of benzene rings is 1. The van der Waals surface area contributed by atoms with Crippen molar-refractivity contribution in [3.05, 3.63) is 47.7 Å². The van der Waals surface area contributed by atoms with Crippen molar-refractivity contribution < 1.29 is 0 Å². The molecule has 1 heterocycles. The van der Waals surface area contributed by atoms with Gasteiger partial charge in [0.05, 0.1) is 0 Å². The van der Waals surface area contributed by atoms with Crippen LogP contribution in [0.2, 0.25) is 0 Å². The molecule has 0 spiro atoms. The Balaban J connectivity index is 2.49. The topological polar surface area (TPSA) is 4.93 Å². The summed E-state index contributed by atoms with van der Waals surface area (Å²) >= 11 is 0. The van der Waals surface area contributed by atoms with E-state index < -0.39 is 0 Å². The standard InChI is InChI=1S/C14H17N/c1-4-15-12(3)7-10-14(15)13-8-5-11(2)6-9-13/h5-10H,4H2,1-3H3. The fourth-order valence-electron chi connectivity index (χ4n) is 1.97. The van der Waals surface area contributed by atoms with E-state index in [2.05, 4.69) is 61.7 Å². The highest BCUT2D eigenvalue weighted by Gasteiger charge is 2.04. The van der Waals surface area contributed by atoms with Gasteiger partial charge >= 0.3 is 0 Å². The van der Waals surface area contributed by atoms with Crippen molar-refractivity contribution >= 4 is 0 Å². The van der Waals surface area contributed by atoms with Crippen molar-refractivity contribution in [2.24, 2.45) is 0 Å². The average Bonchev–Trinajstić information content (AvgIpc) is 2.61. The van der Waals surface area contributed by atoms with Crippen LogP contribution in [0.15, 0.2) is 36.4 Å². The molecule has 2 aromatic rings. The molecule has 0 aliphatic heterocycles. The van der Waals surface area contributed by atoms with Crippen LogP contribution in [0, 0.1) is 13.8 Å². The van der Waals surface area contributed by atoms with E-state index in [1.807, 2.05) is 0 Å². The minimum Gasteiger partial charge on any atom is -0.345 e. The molecule has 0 aliphatic carbocycles. The molecule has 0 fully saturated rings. The number of nitrogens with zero attached hydrogens (tertiary/aromatic N) is 1. The maximum atomic E-state index is 2.34. The first kappa shape index (κ1) is 10.0. The van der Waals surface area contributed by atoms with Crippen LogP contribution in [0.25, 0.3) is 11.3 Å². The summed E-state index contributed by atoms with van der Waals surface area (Å²) in [5, 5.41) is 0. The summed E-state index contributed by atoms with van der Waals surface area (Å²) in [6.07, 6.45) is 0. The van der Waals surface area contributed by atoms with Crippen molar-refractivity contribution in [2.75, 3.05) is 0 Å². The van der Waals surface area contributed by atoms with Crippen LogP contribution in [0.5, 0.6) is 0 Å². The van der Waals surface area contributed by atoms with Gasteiger partial charge in [-0.1, -0.05) is 29.8 Å². The Kier molecular flexibility index (Phi) is 2.63. The van der Waals surface area contributed by atoms with Gasteiger partial charge in [0.1, 0.15) is 0 Å². The highest BCUT2D eigenvalue weighted by atomic mass is 15.0. The molecule has 1 aromatic carbocycles. The molecule has 1 heteroatoms. The van der Waals surface area contributed by atoms with Crippen LogP contribution in [0.1, 0.15) is 18.2 Å². The van der Waals surface area contributed by atoms with Gasteiger partial charge in [-0.05, 0) is 38.5 Å². The first-order valence-corrected chi connectivity index (χ1v) is 5.45. The molecule has 0 amide bonds. The highest BCUT2D eigenvalue weighted by Crippen LogP contribution is 2.22. The monoisotopic (exact) mass is 199 g/mol. The lowest BCUT2D eigenvalue weighted by Gasteiger charge is -2.09. The fraction of sp³-hybridized carbons (Fsp3) is 0.286. The SMILES string of the molecule is CCn1c(C)ccc1-c1ccc(C)cc1. The molecule has 0 unspecified atom stereocenters. The number of aryl methyl sites for hydroxylation is 2. The van der Waals surface area contributed by atoms with E-state index in [1.54, 1.807) is 0 Å². The first-order valence-electron chi connectivity index (χ1n) is 5.45. The number of rotatable bonds is 2. The molecular weight excluding hydrogens is 182 g/mol. The van der Waals surface area contributed by atoms with E-state index >= 15 is 0 Å². The van der Waals surface area contributed by atoms with E-state index in [1.165, 1.54) is 22.5 Å². The molecule has 0 atom stereocenters. The van der Waals surface area contributed by atoms with E-state index in [0.29, 0.717) is 0 Å². The molecule has 1 nitrogen and oxygen atoms in total. The normalized spacial score (nSPS) is 10.6. The minimum atomic E-state index is 1.03. The summed E-state index contributed by atoms with van der Waals surface area (Å²) in [5.41, 5.74) is 5.25. The Morgan fingerprint density at radius 2 is 1.60 bits per heavy atom. The molecule has 0 radical (unpaired) electrons. The number of hydrogen-bond acceptors (Lipinski definition) is 0. The van der Waals surface area contributed by atoms with Gasteiger partial charge in [-0.3, -0.25) is 0 Å². The highest BCUT2D eigenvalue weighted by molar-refractivity contribution is 5.61. The van der Waals surface area contributed by atoms with Crippen LogP contribution < -0.4 is 0 Å². The second-order valence-corrected chi connectivity index (χ2v) is 3.97. The second kappa shape index (κ2) is 3.93. The minimum absolute atomic E-state index is 1.03. The predicted octanol–water partition coefficient (Wildman–Crippen LogP) is 3.79. The van der Waals surface area contributed by atoms with Crippen molar-refractivity contribution in [3.63, 3.8) is 0 Å². The Hall–Kier alpha value is -1.50. The number of hydrogen-bond donors (Lipinski definition) is 0. The molecule has 1 aromatic heterocycles. The van der Waals surface area contributed by atoms with Gasteiger partial charge in [0, 0.05) is 17.9 Å². The molecule has 0 saturated carbocycles. The third kappa shape index (κ3) is 1.82. The van der Waals surface area contributed by atoms with Gasteiger partial charge in [0.25, 0.3) is 0 Å². The quantitative estimate of drug-likeness (QED) is 0.693. The smallest absolute Gasteiger partial charge is 0.0482 e. The van der Waals surface area contributed by atoms with Crippen LogP contribution in [0.3, 0.4) is 0 Å². The molecular formula is C14H17N. The zero-order valence-electron chi connectivity index (χ0n) is 9.62. The van der Waals surface area contributed by atoms with Crippen LogP contribution in [0.4, 0.5) is 0 Å². The first-order chi connectivity index (χ1) is 7.22. The van der Waals surface area contributed by atoms with E-state index in [0.717, 1.165) is 6.54 Å². The zero-order valence-corrected chi connectivity index (χ0v) is 9.62. The lowest BCUT2D eigenvalue weighted by molar-refractivity contribution is 0.750. The largest absolute Gasteiger partial charge is 0.345 e. The summed E-state index contributed by atoms with van der Waals surface area (Å²) in [6, 6.07) is 13.1. The summed E-state index contributed by atoms with van der Waals surface area (Å²) in [7, 11) is 0. The average molecular weight is 199 g/mol. The molecule has 78 valence electrons. The molecule has 2 rings (SSSR count). The van der Waals surface area contributed by atoms with Gasteiger partial charge in [-0.25, -0.2) is 0 Å². The van der Waals surface area contributed by atoms with Crippen LogP contribution >= 0.6 is 0 Å². The third-order valence-electron chi connectivity index (χ3n) is 2.86. The molecule has 15 heavy (non-hydrogen) atoms. The van der Waals surface area contributed by atoms with Gasteiger partial charge in [0.15, 0.2) is 0 Å². The Morgan fingerprint density at radius 1 is 0.933 bits per heavy atom. The van der Waals surface area contributed by atoms with Crippen molar-refractivity contribution in [1.82, 2.24) is 4.57 Å². The molecule has 0 aliphatic rings. The maximum absolute atomic E-state index is 2.34. The van der Waals surface area contributed by atoms with Gasteiger partial charge in [-0.15, -0.1) is 0 Å². The van der Waals surface area contributed by atoms with E-state index in [4.69, 9.17) is 0 Å². The lowest BCUT2D eigenvalue weighted by Crippen LogP contribution is -1.98. The summed E-state index contributed by atoms with van der Waals surface area (Å²) in [5.74, 6) is 0. The number of aromatic nitrogens is 1. The second-order valence-electron chi connectivity index (χ2n) is 3.97. The zero-order chi connectivity index (χ0) is 10.8. The molecule has 0 N–H and O–H groups in total. The maximum Gasteiger partial charge on any atom is 0.0482 e. The fourth-order valence-corrected chi connectivity index (χ4v) is 1.97. The van der Waals surface area contributed by atoms with Gasteiger partial charge in [-0.2, -0.15) is 0 Å². The van der Waals surface area contributed by atoms with Crippen LogP contribution in [-0.2, 0) is 6.54 Å². The van der Waals surface area contributed by atoms with E-state index in [9.17, 15) is 0 Å². The Labute approximate surface area is 91.4 Å². The van der Waals surface area contributed by atoms with E-state index in [-0.39, 0.29) is 0 Å². The Bertz CT molecular complexity index is 449. The summed E-state index contributed by atoms with van der Waals surface area (Å²) in [6.45, 7) is 7.49. The van der Waals surface area contributed by atoms with Crippen LogP contribution in [-0.4, -0.2) is 4.57 Å². The van der Waals surface area contributed by atoms with Crippen molar-refractivity contribution in [1.29, 1.82) is 0 Å². The lowest BCUT2D eigenvalue weighted by atomic mass is 10.1. The summed E-state index contributed by atoms with van der Waals surface area (Å²) in [4.78, 5) is 0.